The number of hydrogen-bond acceptors (Lipinski definition) is 4. The van der Waals surface area contributed by atoms with E-state index in [0.717, 1.165) is 62.4 Å². The molecule has 31 heavy (non-hydrogen) atoms. The molecule has 0 aromatic heterocycles. The molecule has 2 aromatic carbocycles. The van der Waals surface area contributed by atoms with Gasteiger partial charge in [-0.1, -0.05) is 49.2 Å². The molecule has 1 aliphatic heterocycles. The third-order valence-corrected chi connectivity index (χ3v) is 5.93. The maximum atomic E-state index is 12.3. The van der Waals surface area contributed by atoms with Crippen molar-refractivity contribution >= 4 is 17.5 Å². The van der Waals surface area contributed by atoms with Gasteiger partial charge in [0.05, 0.1) is 19.8 Å². The minimum Gasteiger partial charge on any atom is -0.497 e. The predicted octanol–water partition coefficient (Wildman–Crippen LogP) is 4.94. The Morgan fingerprint density at radius 2 is 1.87 bits per heavy atom. The van der Waals surface area contributed by atoms with Crippen LogP contribution in [0.2, 0.25) is 5.02 Å². The predicted molar refractivity (Wildman–Crippen MR) is 125 cm³/mol. The number of halogens is 1. The van der Waals surface area contributed by atoms with Crippen molar-refractivity contribution in [2.24, 2.45) is 0 Å². The van der Waals surface area contributed by atoms with Gasteiger partial charge in [0.15, 0.2) is 0 Å². The van der Waals surface area contributed by atoms with Crippen LogP contribution < -0.4 is 4.74 Å². The second-order valence-electron chi connectivity index (χ2n) is 7.99. The summed E-state index contributed by atoms with van der Waals surface area (Å²) in [6.45, 7) is 6.65. The van der Waals surface area contributed by atoms with Crippen LogP contribution in [-0.2, 0) is 16.1 Å². The van der Waals surface area contributed by atoms with E-state index < -0.39 is 0 Å². The van der Waals surface area contributed by atoms with Gasteiger partial charge in [0.2, 0.25) is 5.91 Å². The zero-order valence-corrected chi connectivity index (χ0v) is 19.3. The van der Waals surface area contributed by atoms with E-state index in [1.54, 1.807) is 7.11 Å². The summed E-state index contributed by atoms with van der Waals surface area (Å²) < 4.78 is 11.8. The van der Waals surface area contributed by atoms with E-state index in [2.05, 4.69) is 17.9 Å². The third-order valence-electron chi connectivity index (χ3n) is 5.70. The summed E-state index contributed by atoms with van der Waals surface area (Å²) >= 11 is 6.13. The summed E-state index contributed by atoms with van der Waals surface area (Å²) in [6, 6.07) is 15.8. The number of carbonyl (C=O) groups excluding carboxylic acids is 1. The molecule has 1 atom stereocenters. The molecule has 2 aromatic rings. The molecule has 1 saturated heterocycles. The molecule has 3 rings (SSSR count). The maximum Gasteiger partial charge on any atom is 0.222 e. The highest BCUT2D eigenvalue weighted by atomic mass is 35.5. The Kier molecular flexibility index (Phi) is 9.19. The zero-order chi connectivity index (χ0) is 22.1. The number of unbranched alkanes of at least 4 members (excludes halogenated alkanes) is 1. The second kappa shape index (κ2) is 12.1. The molecule has 0 radical (unpaired) electrons. The molecule has 0 saturated carbocycles. The Labute approximate surface area is 190 Å². The number of ether oxygens (including phenoxy) is 2. The lowest BCUT2D eigenvalue weighted by Crippen LogP contribution is -2.49. The van der Waals surface area contributed by atoms with Crippen molar-refractivity contribution in [3.05, 3.63) is 64.7 Å². The first kappa shape index (κ1) is 23.6. The highest BCUT2D eigenvalue weighted by Crippen LogP contribution is 2.25. The molecule has 0 N–H and O–H groups in total. The van der Waals surface area contributed by atoms with E-state index in [1.807, 2.05) is 47.4 Å². The molecule has 0 aliphatic carbocycles. The third kappa shape index (κ3) is 7.23. The minimum atomic E-state index is -0.101. The quantitative estimate of drug-likeness (QED) is 0.520. The maximum absolute atomic E-state index is 12.3. The van der Waals surface area contributed by atoms with Crippen LogP contribution in [0.3, 0.4) is 0 Å². The number of benzene rings is 2. The van der Waals surface area contributed by atoms with Crippen LogP contribution in [0.25, 0.3) is 0 Å². The van der Waals surface area contributed by atoms with Gasteiger partial charge in [-0.25, -0.2) is 0 Å². The van der Waals surface area contributed by atoms with Crippen LogP contribution in [0.5, 0.6) is 5.75 Å². The van der Waals surface area contributed by atoms with Crippen LogP contribution >= 0.6 is 11.6 Å². The number of hydrogen-bond donors (Lipinski definition) is 0. The first-order chi connectivity index (χ1) is 15.1. The normalized spacial score (nSPS) is 15.6. The Hall–Kier alpha value is -2.08. The van der Waals surface area contributed by atoms with Crippen molar-refractivity contribution in [1.82, 2.24) is 9.80 Å². The number of rotatable bonds is 10. The smallest absolute Gasteiger partial charge is 0.222 e. The molecular weight excluding hydrogens is 412 g/mol. The number of nitrogens with zero attached hydrogens (tertiary/aromatic N) is 2. The monoisotopic (exact) mass is 444 g/mol. The molecule has 6 heteroatoms. The summed E-state index contributed by atoms with van der Waals surface area (Å²) in [5, 5.41) is 0.711. The SMILES string of the molecule is CCCCC(=O)N1CCN(C[C@@H](OCc2cccc(Cl)c2)c2cccc(OC)c2)CC1. The van der Waals surface area contributed by atoms with Crippen molar-refractivity contribution < 1.29 is 14.3 Å². The van der Waals surface area contributed by atoms with Crippen molar-refractivity contribution in [1.29, 1.82) is 0 Å². The van der Waals surface area contributed by atoms with Gasteiger partial charge in [-0.2, -0.15) is 0 Å². The van der Waals surface area contributed by atoms with Gasteiger partial charge >= 0.3 is 0 Å². The van der Waals surface area contributed by atoms with Gasteiger partial charge in [0.1, 0.15) is 5.75 Å². The molecule has 0 unspecified atom stereocenters. The molecule has 1 aliphatic rings. The molecule has 168 valence electrons. The Balaban J connectivity index is 1.63. The summed E-state index contributed by atoms with van der Waals surface area (Å²) in [4.78, 5) is 16.7. The summed E-state index contributed by atoms with van der Waals surface area (Å²) in [5.74, 6) is 1.10. The van der Waals surface area contributed by atoms with Crippen molar-refractivity contribution in [3.63, 3.8) is 0 Å². The number of piperazine rings is 1. The standard InChI is InChI=1S/C25H33ClN2O3/c1-3-4-11-25(29)28-14-12-27(13-15-28)18-24(21-8-6-10-23(17-21)30-2)31-19-20-7-5-9-22(26)16-20/h5-10,16-17,24H,3-4,11-15,18-19H2,1-2H3/t24-/m1/s1. The van der Waals surface area contributed by atoms with Gasteiger partial charge < -0.3 is 14.4 Å². The van der Waals surface area contributed by atoms with Crippen LogP contribution in [0, 0.1) is 0 Å². The minimum absolute atomic E-state index is 0.101. The Bertz CT molecular complexity index is 837. The molecule has 0 bridgehead atoms. The second-order valence-corrected chi connectivity index (χ2v) is 8.43. The van der Waals surface area contributed by atoms with Crippen molar-refractivity contribution in [2.75, 3.05) is 39.8 Å². The first-order valence-corrected chi connectivity index (χ1v) is 11.5. The average Bonchev–Trinajstić information content (AvgIpc) is 2.80. The molecule has 1 amide bonds. The Morgan fingerprint density at radius 1 is 1.10 bits per heavy atom. The highest BCUT2D eigenvalue weighted by Gasteiger charge is 2.24. The first-order valence-electron chi connectivity index (χ1n) is 11.1. The van der Waals surface area contributed by atoms with E-state index in [0.29, 0.717) is 18.1 Å². The molecular formula is C25H33ClN2O3. The highest BCUT2D eigenvalue weighted by molar-refractivity contribution is 6.30. The van der Waals surface area contributed by atoms with Gasteiger partial charge in [0, 0.05) is 44.2 Å². The fraction of sp³-hybridized carbons (Fsp3) is 0.480. The van der Waals surface area contributed by atoms with Gasteiger partial charge in [-0.05, 0) is 41.8 Å². The number of amides is 1. The topological polar surface area (TPSA) is 42.0 Å². The van der Waals surface area contributed by atoms with E-state index in [4.69, 9.17) is 21.1 Å². The largest absolute Gasteiger partial charge is 0.497 e. The summed E-state index contributed by atoms with van der Waals surface area (Å²) in [7, 11) is 1.68. The van der Waals surface area contributed by atoms with Crippen LogP contribution in [0.4, 0.5) is 0 Å². The van der Waals surface area contributed by atoms with E-state index in [1.165, 1.54) is 0 Å². The molecule has 5 nitrogen and oxygen atoms in total. The molecule has 1 heterocycles. The van der Waals surface area contributed by atoms with Crippen LogP contribution in [-0.4, -0.2) is 55.5 Å². The van der Waals surface area contributed by atoms with Gasteiger partial charge in [-0.3, -0.25) is 9.69 Å². The summed E-state index contributed by atoms with van der Waals surface area (Å²) in [5.41, 5.74) is 2.13. The van der Waals surface area contributed by atoms with Crippen molar-refractivity contribution in [2.45, 2.75) is 38.9 Å². The number of carbonyl (C=O) groups is 1. The average molecular weight is 445 g/mol. The van der Waals surface area contributed by atoms with E-state index >= 15 is 0 Å². The fourth-order valence-electron chi connectivity index (χ4n) is 3.82. The Morgan fingerprint density at radius 3 is 2.58 bits per heavy atom. The summed E-state index contributed by atoms with van der Waals surface area (Å²) in [6.07, 6.45) is 2.58. The van der Waals surface area contributed by atoms with Crippen LogP contribution in [0.1, 0.15) is 43.4 Å². The van der Waals surface area contributed by atoms with E-state index in [-0.39, 0.29) is 12.0 Å². The fourth-order valence-corrected chi connectivity index (χ4v) is 4.03. The molecule has 1 fully saturated rings. The van der Waals surface area contributed by atoms with E-state index in [9.17, 15) is 4.79 Å². The zero-order valence-electron chi connectivity index (χ0n) is 18.6. The van der Waals surface area contributed by atoms with Crippen molar-refractivity contribution in [3.8, 4) is 5.75 Å². The lowest BCUT2D eigenvalue weighted by Gasteiger charge is -2.36. The lowest BCUT2D eigenvalue weighted by atomic mass is 10.1. The van der Waals surface area contributed by atoms with Gasteiger partial charge in [-0.15, -0.1) is 0 Å². The lowest BCUT2D eigenvalue weighted by molar-refractivity contribution is -0.133. The molecule has 0 spiro atoms. The van der Waals surface area contributed by atoms with Gasteiger partial charge in [0.25, 0.3) is 0 Å². The van der Waals surface area contributed by atoms with Crippen LogP contribution in [0.15, 0.2) is 48.5 Å². The number of methoxy groups -OCH3 is 1.